The van der Waals surface area contributed by atoms with Gasteiger partial charge in [0.1, 0.15) is 0 Å². The molecule has 0 unspecified atom stereocenters. The summed E-state index contributed by atoms with van der Waals surface area (Å²) in [4.78, 5) is 26.4. The van der Waals surface area contributed by atoms with Gasteiger partial charge in [0.15, 0.2) is 0 Å². The predicted octanol–water partition coefficient (Wildman–Crippen LogP) is 1.39. The number of carbonyl (C=O) groups is 2. The highest BCUT2D eigenvalue weighted by molar-refractivity contribution is 7.89. The molecule has 0 saturated carbocycles. The van der Waals surface area contributed by atoms with E-state index in [1.165, 1.54) is 31.1 Å². The van der Waals surface area contributed by atoms with Crippen LogP contribution < -0.4 is 0 Å². The summed E-state index contributed by atoms with van der Waals surface area (Å²) in [5, 5.41) is 0. The van der Waals surface area contributed by atoms with Gasteiger partial charge >= 0.3 is 0 Å². The van der Waals surface area contributed by atoms with E-state index < -0.39 is 10.0 Å². The van der Waals surface area contributed by atoms with Crippen molar-refractivity contribution in [1.29, 1.82) is 0 Å². The summed E-state index contributed by atoms with van der Waals surface area (Å²) >= 11 is 0. The van der Waals surface area contributed by atoms with Gasteiger partial charge in [0, 0.05) is 14.1 Å². The van der Waals surface area contributed by atoms with E-state index in [1.54, 1.807) is 12.1 Å². The van der Waals surface area contributed by atoms with Crippen LogP contribution in [0.4, 0.5) is 0 Å². The molecule has 1 aliphatic heterocycles. The molecule has 24 heavy (non-hydrogen) atoms. The molecule has 2 aliphatic rings. The first-order valence-electron chi connectivity index (χ1n) is 7.84. The van der Waals surface area contributed by atoms with E-state index in [9.17, 15) is 18.0 Å². The molecule has 1 aromatic carbocycles. The van der Waals surface area contributed by atoms with Gasteiger partial charge < -0.3 is 0 Å². The average molecular weight is 348 g/mol. The second-order valence-corrected chi connectivity index (χ2v) is 8.51. The van der Waals surface area contributed by atoms with Gasteiger partial charge in [0.2, 0.25) is 21.8 Å². The van der Waals surface area contributed by atoms with Crippen LogP contribution in [0.15, 0.2) is 41.3 Å². The van der Waals surface area contributed by atoms with Crippen molar-refractivity contribution in [3.8, 4) is 0 Å². The van der Waals surface area contributed by atoms with Crippen molar-refractivity contribution in [2.75, 3.05) is 14.1 Å². The maximum Gasteiger partial charge on any atom is 0.242 e. The monoisotopic (exact) mass is 348 g/mol. The molecule has 0 aromatic heterocycles. The number of imide groups is 1. The van der Waals surface area contributed by atoms with Crippen LogP contribution in [0.1, 0.15) is 18.4 Å². The fraction of sp³-hybridized carbons (Fsp3) is 0.412. The van der Waals surface area contributed by atoms with Crippen LogP contribution in [0.5, 0.6) is 0 Å². The van der Waals surface area contributed by atoms with Crippen LogP contribution in [0, 0.1) is 11.8 Å². The van der Waals surface area contributed by atoms with Gasteiger partial charge in [-0.2, -0.15) is 0 Å². The van der Waals surface area contributed by atoms with Crippen LogP contribution in [-0.2, 0) is 26.2 Å². The Morgan fingerprint density at radius 3 is 2.21 bits per heavy atom. The number of nitrogens with zero attached hydrogens (tertiary/aromatic N) is 2. The minimum Gasteiger partial charge on any atom is -0.278 e. The summed E-state index contributed by atoms with van der Waals surface area (Å²) in [6, 6.07) is 6.40. The molecule has 1 saturated heterocycles. The Balaban J connectivity index is 1.85. The number of rotatable bonds is 4. The molecule has 1 fully saturated rings. The SMILES string of the molecule is CN(C)S(=O)(=O)c1cccc(CN2C(=O)[C@H]3CC=CC[C@H]3C2=O)c1. The number of likely N-dealkylation sites (tertiary alicyclic amines) is 1. The van der Waals surface area contributed by atoms with Crippen LogP contribution in [0.2, 0.25) is 0 Å². The number of sulfonamides is 1. The highest BCUT2D eigenvalue weighted by Gasteiger charge is 2.46. The maximum atomic E-state index is 12.5. The van der Waals surface area contributed by atoms with Crippen molar-refractivity contribution in [2.24, 2.45) is 11.8 Å². The van der Waals surface area contributed by atoms with Crippen molar-refractivity contribution in [3.05, 3.63) is 42.0 Å². The lowest BCUT2D eigenvalue weighted by Gasteiger charge is -2.16. The van der Waals surface area contributed by atoms with E-state index in [-0.39, 0.29) is 35.1 Å². The fourth-order valence-corrected chi connectivity index (χ4v) is 4.19. The van der Waals surface area contributed by atoms with Gasteiger partial charge in [0.05, 0.1) is 23.3 Å². The van der Waals surface area contributed by atoms with E-state index in [2.05, 4.69) is 0 Å². The van der Waals surface area contributed by atoms with Gasteiger partial charge in [-0.15, -0.1) is 0 Å². The molecule has 7 heteroatoms. The molecule has 0 bridgehead atoms. The van der Waals surface area contributed by atoms with Crippen molar-refractivity contribution in [3.63, 3.8) is 0 Å². The quantitative estimate of drug-likeness (QED) is 0.609. The van der Waals surface area contributed by atoms with E-state index in [4.69, 9.17) is 0 Å². The summed E-state index contributed by atoms with van der Waals surface area (Å²) in [6.07, 6.45) is 5.09. The first-order chi connectivity index (χ1) is 11.3. The highest BCUT2D eigenvalue weighted by atomic mass is 32.2. The zero-order valence-electron chi connectivity index (χ0n) is 13.7. The second-order valence-electron chi connectivity index (χ2n) is 6.35. The normalized spacial score (nSPS) is 23.9. The molecule has 6 nitrogen and oxygen atoms in total. The first-order valence-corrected chi connectivity index (χ1v) is 9.28. The number of allylic oxidation sites excluding steroid dienone is 2. The number of carbonyl (C=O) groups excluding carboxylic acids is 2. The third-order valence-electron chi connectivity index (χ3n) is 4.62. The van der Waals surface area contributed by atoms with Crippen molar-refractivity contribution >= 4 is 21.8 Å². The molecule has 1 aliphatic carbocycles. The molecule has 0 N–H and O–H groups in total. The standard InChI is InChI=1S/C17H20N2O4S/c1-18(2)24(22,23)13-7-5-6-12(10-13)11-19-16(20)14-8-3-4-9-15(14)17(19)21/h3-7,10,14-15H,8-9,11H2,1-2H3/t14-,15+. The summed E-state index contributed by atoms with van der Waals surface area (Å²) in [5.41, 5.74) is 0.631. The van der Waals surface area contributed by atoms with Gasteiger partial charge in [0.25, 0.3) is 0 Å². The lowest BCUT2D eigenvalue weighted by molar-refractivity contribution is -0.140. The van der Waals surface area contributed by atoms with E-state index in [1.807, 2.05) is 12.2 Å². The van der Waals surface area contributed by atoms with Crippen LogP contribution in [0.3, 0.4) is 0 Å². The summed E-state index contributed by atoms with van der Waals surface area (Å²) in [6.45, 7) is 0.113. The number of hydrogen-bond acceptors (Lipinski definition) is 4. The molecule has 3 rings (SSSR count). The summed E-state index contributed by atoms with van der Waals surface area (Å²) < 4.78 is 25.6. The van der Waals surface area contributed by atoms with Gasteiger partial charge in [-0.1, -0.05) is 24.3 Å². The number of hydrogen-bond donors (Lipinski definition) is 0. The van der Waals surface area contributed by atoms with Crippen molar-refractivity contribution in [1.82, 2.24) is 9.21 Å². The molecular weight excluding hydrogens is 328 g/mol. The van der Waals surface area contributed by atoms with Gasteiger partial charge in [-0.3, -0.25) is 14.5 Å². The topological polar surface area (TPSA) is 74.8 Å². The molecule has 2 atom stereocenters. The third kappa shape index (κ3) is 2.78. The number of amides is 2. The molecule has 2 amide bonds. The molecule has 1 heterocycles. The lowest BCUT2D eigenvalue weighted by atomic mass is 9.85. The average Bonchev–Trinajstić information content (AvgIpc) is 2.80. The van der Waals surface area contributed by atoms with E-state index in [0.717, 1.165) is 4.31 Å². The van der Waals surface area contributed by atoms with Gasteiger partial charge in [-0.25, -0.2) is 12.7 Å². The van der Waals surface area contributed by atoms with E-state index in [0.29, 0.717) is 18.4 Å². The number of benzene rings is 1. The van der Waals surface area contributed by atoms with Crippen molar-refractivity contribution in [2.45, 2.75) is 24.3 Å². The molecule has 0 spiro atoms. The Kier molecular flexibility index (Phi) is 4.31. The maximum absolute atomic E-state index is 12.5. The molecule has 1 aromatic rings. The van der Waals surface area contributed by atoms with Gasteiger partial charge in [-0.05, 0) is 30.5 Å². The Bertz CT molecular complexity index is 788. The fourth-order valence-electron chi connectivity index (χ4n) is 3.22. The molecule has 128 valence electrons. The Hall–Kier alpha value is -1.99. The number of fused-ring (bicyclic) bond motifs is 1. The second kappa shape index (κ2) is 6.14. The van der Waals surface area contributed by atoms with Crippen LogP contribution in [-0.4, -0.2) is 43.5 Å². The minimum atomic E-state index is -3.55. The van der Waals surface area contributed by atoms with E-state index >= 15 is 0 Å². The minimum absolute atomic E-state index is 0.113. The van der Waals surface area contributed by atoms with Crippen molar-refractivity contribution < 1.29 is 18.0 Å². The Labute approximate surface area is 141 Å². The summed E-state index contributed by atoms with van der Waals surface area (Å²) in [5.74, 6) is -0.849. The highest BCUT2D eigenvalue weighted by Crippen LogP contribution is 2.35. The van der Waals surface area contributed by atoms with Crippen LogP contribution in [0.25, 0.3) is 0 Å². The Morgan fingerprint density at radius 2 is 1.67 bits per heavy atom. The summed E-state index contributed by atoms with van der Waals surface area (Å²) in [7, 11) is -0.615. The lowest BCUT2D eigenvalue weighted by Crippen LogP contribution is -2.30. The first kappa shape index (κ1) is 16.9. The molecular formula is C17H20N2O4S. The zero-order chi connectivity index (χ0) is 17.5. The molecule has 0 radical (unpaired) electrons. The van der Waals surface area contributed by atoms with Crippen LogP contribution >= 0.6 is 0 Å². The predicted molar refractivity (Wildman–Crippen MR) is 88.2 cm³/mol. The smallest absolute Gasteiger partial charge is 0.242 e. The zero-order valence-corrected chi connectivity index (χ0v) is 14.5. The Morgan fingerprint density at radius 1 is 1.08 bits per heavy atom. The third-order valence-corrected chi connectivity index (χ3v) is 6.43. The largest absolute Gasteiger partial charge is 0.278 e.